The summed E-state index contributed by atoms with van der Waals surface area (Å²) in [5, 5.41) is 0.860. The molecule has 0 radical (unpaired) electrons. The van der Waals surface area contributed by atoms with Crippen molar-refractivity contribution in [3.63, 3.8) is 0 Å². The van der Waals surface area contributed by atoms with Crippen LogP contribution in [-0.4, -0.2) is 54.6 Å². The number of piperazine rings is 1. The lowest BCUT2D eigenvalue weighted by Crippen LogP contribution is -2.48. The summed E-state index contributed by atoms with van der Waals surface area (Å²) in [5.74, 6) is 0.143. The molecule has 2 aromatic carbocycles. The quantitative estimate of drug-likeness (QED) is 0.589. The van der Waals surface area contributed by atoms with Gasteiger partial charge in [0.05, 0.1) is 4.90 Å². The predicted molar refractivity (Wildman–Crippen MR) is 135 cm³/mol. The molecule has 1 saturated heterocycles. The number of nitrogens with zero attached hydrogens (tertiary/aromatic N) is 2. The predicted octanol–water partition coefficient (Wildman–Crippen LogP) is 4.39. The number of carbonyl (C=O) groups excluding carboxylic acids is 1. The zero-order chi connectivity index (χ0) is 24.1. The summed E-state index contributed by atoms with van der Waals surface area (Å²) in [5.41, 5.74) is 4.36. The van der Waals surface area contributed by atoms with E-state index in [1.807, 2.05) is 31.2 Å². The first-order valence-corrected chi connectivity index (χ1v) is 13.6. The molecule has 0 unspecified atom stereocenters. The number of aromatic amines is 1. The summed E-state index contributed by atoms with van der Waals surface area (Å²) >= 11 is 0. The molecular weight excluding hydrogens is 446 g/mol. The Morgan fingerprint density at radius 1 is 1.00 bits per heavy atom. The molecular formula is C27H33N3O3S. The first-order chi connectivity index (χ1) is 16.2. The molecule has 1 aliphatic heterocycles. The maximum Gasteiger partial charge on any atom is 0.243 e. The van der Waals surface area contributed by atoms with Gasteiger partial charge >= 0.3 is 0 Å². The summed E-state index contributed by atoms with van der Waals surface area (Å²) in [6, 6.07) is 14.0. The number of fused-ring (bicyclic) bond motifs is 3. The molecule has 180 valence electrons. The van der Waals surface area contributed by atoms with Crippen LogP contribution in [0.3, 0.4) is 0 Å². The normalized spacial score (nSPS) is 19.4. The Balaban J connectivity index is 1.42. The van der Waals surface area contributed by atoms with Crippen molar-refractivity contribution in [3.8, 4) is 0 Å². The third-order valence-electron chi connectivity index (χ3n) is 7.21. The van der Waals surface area contributed by atoms with Crippen LogP contribution in [-0.2, 0) is 29.4 Å². The van der Waals surface area contributed by atoms with Crippen molar-refractivity contribution in [2.45, 2.75) is 51.5 Å². The molecule has 6 nitrogen and oxygen atoms in total. The number of aromatic nitrogens is 1. The molecule has 1 aromatic heterocycles. The standard InChI is InChI=1S/C27H33N3O3S/c1-4-20-14-21-22(28-23-16-27(2,3)17-24(31)26(21)23)15-25(20)34(32,33)30-12-10-29(11-13-30)18-19-8-6-5-7-9-19/h5-9,14-15,28H,4,10-13,16-18H2,1-3H3. The lowest BCUT2D eigenvalue weighted by Gasteiger charge is -2.34. The summed E-state index contributed by atoms with van der Waals surface area (Å²) in [4.78, 5) is 19.0. The average Bonchev–Trinajstić information content (AvgIpc) is 3.15. The Morgan fingerprint density at radius 3 is 2.38 bits per heavy atom. The lowest BCUT2D eigenvalue weighted by molar-refractivity contribution is 0.0913. The van der Waals surface area contributed by atoms with Gasteiger partial charge in [0.2, 0.25) is 10.0 Å². The molecule has 0 atom stereocenters. The molecule has 3 aromatic rings. The second-order valence-corrected chi connectivity index (χ2v) is 12.4. The van der Waals surface area contributed by atoms with Gasteiger partial charge in [-0.25, -0.2) is 8.42 Å². The van der Waals surface area contributed by atoms with Crippen molar-refractivity contribution < 1.29 is 13.2 Å². The number of aryl methyl sites for hydroxylation is 1. The fourth-order valence-electron chi connectivity index (χ4n) is 5.46. The fraction of sp³-hybridized carbons (Fsp3) is 0.444. The lowest BCUT2D eigenvalue weighted by atomic mass is 9.76. The number of H-pyrrole nitrogens is 1. The molecule has 0 amide bonds. The molecule has 1 N–H and O–H groups in total. The second kappa shape index (κ2) is 8.63. The van der Waals surface area contributed by atoms with E-state index in [9.17, 15) is 13.2 Å². The zero-order valence-corrected chi connectivity index (χ0v) is 21.0. The van der Waals surface area contributed by atoms with Gasteiger partial charge in [-0.15, -0.1) is 0 Å². The van der Waals surface area contributed by atoms with Crippen LogP contribution in [0.2, 0.25) is 0 Å². The van der Waals surface area contributed by atoms with Gasteiger partial charge in [-0.2, -0.15) is 4.31 Å². The van der Waals surface area contributed by atoms with Crippen molar-refractivity contribution in [2.75, 3.05) is 26.2 Å². The van der Waals surface area contributed by atoms with Crippen LogP contribution >= 0.6 is 0 Å². The van der Waals surface area contributed by atoms with Gasteiger partial charge < -0.3 is 4.98 Å². The van der Waals surface area contributed by atoms with Crippen LogP contribution in [0, 0.1) is 5.41 Å². The van der Waals surface area contributed by atoms with E-state index < -0.39 is 10.0 Å². The van der Waals surface area contributed by atoms with Crippen molar-refractivity contribution in [2.24, 2.45) is 5.41 Å². The number of sulfonamides is 1. The number of carbonyl (C=O) groups is 1. The topological polar surface area (TPSA) is 73.5 Å². The van der Waals surface area contributed by atoms with Gasteiger partial charge in [0.15, 0.2) is 5.78 Å². The summed E-state index contributed by atoms with van der Waals surface area (Å²) < 4.78 is 29.0. The number of Topliss-reactive ketones (excluding diaryl/α,β-unsaturated/α-hetero) is 1. The fourth-order valence-corrected chi connectivity index (χ4v) is 7.19. The molecule has 0 saturated carbocycles. The van der Waals surface area contributed by atoms with Crippen LogP contribution in [0.25, 0.3) is 10.9 Å². The number of benzene rings is 2. The van der Waals surface area contributed by atoms with E-state index in [0.29, 0.717) is 43.9 Å². The van der Waals surface area contributed by atoms with Crippen LogP contribution < -0.4 is 0 Å². The van der Waals surface area contributed by atoms with Crippen LogP contribution in [0.15, 0.2) is 47.4 Å². The highest BCUT2D eigenvalue weighted by atomic mass is 32.2. The van der Waals surface area contributed by atoms with Crippen LogP contribution in [0.1, 0.15) is 54.4 Å². The highest BCUT2D eigenvalue weighted by Gasteiger charge is 2.35. The minimum absolute atomic E-state index is 0.0904. The van der Waals surface area contributed by atoms with Gasteiger partial charge in [-0.1, -0.05) is 51.1 Å². The maximum atomic E-state index is 13.7. The van der Waals surface area contributed by atoms with Crippen LogP contribution in [0.4, 0.5) is 0 Å². The number of nitrogens with one attached hydrogen (secondary N) is 1. The molecule has 1 aliphatic carbocycles. The molecule has 7 heteroatoms. The molecule has 0 spiro atoms. The monoisotopic (exact) mass is 479 g/mol. The average molecular weight is 480 g/mol. The zero-order valence-electron chi connectivity index (χ0n) is 20.2. The van der Waals surface area contributed by atoms with Crippen molar-refractivity contribution in [3.05, 3.63) is 64.8 Å². The number of hydrogen-bond donors (Lipinski definition) is 1. The number of rotatable bonds is 5. The second-order valence-electron chi connectivity index (χ2n) is 10.4. The molecule has 5 rings (SSSR count). The van der Waals surface area contributed by atoms with E-state index in [-0.39, 0.29) is 11.2 Å². The van der Waals surface area contributed by atoms with Crippen molar-refractivity contribution in [1.82, 2.24) is 14.2 Å². The van der Waals surface area contributed by atoms with Crippen LogP contribution in [0.5, 0.6) is 0 Å². The number of ketones is 1. The van der Waals surface area contributed by atoms with Gasteiger partial charge in [-0.3, -0.25) is 9.69 Å². The minimum atomic E-state index is -3.63. The molecule has 1 fully saturated rings. The van der Waals surface area contributed by atoms with E-state index in [2.05, 4.69) is 35.9 Å². The molecule has 34 heavy (non-hydrogen) atoms. The third kappa shape index (κ3) is 4.21. The van der Waals surface area contributed by atoms with E-state index in [1.54, 1.807) is 10.4 Å². The molecule has 2 aliphatic rings. The molecule has 0 bridgehead atoms. The summed E-state index contributed by atoms with van der Waals surface area (Å²) in [7, 11) is -3.63. The van der Waals surface area contributed by atoms with Crippen molar-refractivity contribution in [1.29, 1.82) is 0 Å². The SMILES string of the molecule is CCc1cc2c3c([nH]c2cc1S(=O)(=O)N1CCN(Cc2ccccc2)CC1)CC(C)(C)CC3=O. The van der Waals surface area contributed by atoms with Gasteiger partial charge in [0.25, 0.3) is 0 Å². The van der Waals surface area contributed by atoms with E-state index in [1.165, 1.54) is 5.56 Å². The number of hydrogen-bond acceptors (Lipinski definition) is 4. The van der Waals surface area contributed by atoms with E-state index >= 15 is 0 Å². The van der Waals surface area contributed by atoms with Gasteiger partial charge in [0, 0.05) is 61.3 Å². The third-order valence-corrected chi connectivity index (χ3v) is 9.19. The highest BCUT2D eigenvalue weighted by molar-refractivity contribution is 7.89. The van der Waals surface area contributed by atoms with E-state index in [4.69, 9.17) is 0 Å². The maximum absolute atomic E-state index is 13.7. The largest absolute Gasteiger partial charge is 0.358 e. The Labute approximate surface area is 202 Å². The van der Waals surface area contributed by atoms with Gasteiger partial charge in [-0.05, 0) is 41.5 Å². The summed E-state index contributed by atoms with van der Waals surface area (Å²) in [6.07, 6.45) is 1.90. The smallest absolute Gasteiger partial charge is 0.243 e. The Morgan fingerprint density at radius 2 is 1.71 bits per heavy atom. The van der Waals surface area contributed by atoms with Crippen molar-refractivity contribution >= 4 is 26.7 Å². The Kier molecular flexibility index (Phi) is 5.91. The minimum Gasteiger partial charge on any atom is -0.358 e. The summed E-state index contributed by atoms with van der Waals surface area (Å²) in [6.45, 7) is 9.38. The molecule has 2 heterocycles. The Hall–Kier alpha value is -2.48. The van der Waals surface area contributed by atoms with Gasteiger partial charge in [0.1, 0.15) is 0 Å². The first-order valence-electron chi connectivity index (χ1n) is 12.1. The Bertz CT molecular complexity index is 1330. The first kappa shape index (κ1) is 23.3. The van der Waals surface area contributed by atoms with E-state index in [0.717, 1.165) is 40.7 Å². The highest BCUT2D eigenvalue weighted by Crippen LogP contribution is 2.39.